The lowest BCUT2D eigenvalue weighted by molar-refractivity contribution is -0.886. The Labute approximate surface area is 171 Å². The SMILES string of the molecule is C[C@H](C(=O)Nc1ccc(Oc2ccccc2)cc1)[NH+](C)CC(=O)N1CCOCC1. The summed E-state index contributed by atoms with van der Waals surface area (Å²) in [7, 11) is 1.86. The average molecular weight is 398 g/mol. The molecule has 0 spiro atoms. The number of carbonyl (C=O) groups excluding carboxylic acids is 2. The molecule has 1 aliphatic heterocycles. The highest BCUT2D eigenvalue weighted by molar-refractivity contribution is 5.93. The summed E-state index contributed by atoms with van der Waals surface area (Å²) in [5.74, 6) is 1.37. The van der Waals surface area contributed by atoms with E-state index in [1.165, 1.54) is 0 Å². The molecule has 0 radical (unpaired) electrons. The summed E-state index contributed by atoms with van der Waals surface area (Å²) < 4.78 is 11.0. The lowest BCUT2D eigenvalue weighted by atomic mass is 10.2. The van der Waals surface area contributed by atoms with Crippen molar-refractivity contribution in [3.63, 3.8) is 0 Å². The van der Waals surface area contributed by atoms with Gasteiger partial charge in [-0.15, -0.1) is 0 Å². The molecule has 1 heterocycles. The number of para-hydroxylation sites is 1. The molecule has 2 N–H and O–H groups in total. The van der Waals surface area contributed by atoms with Gasteiger partial charge in [-0.3, -0.25) is 9.59 Å². The fourth-order valence-corrected chi connectivity index (χ4v) is 3.02. The van der Waals surface area contributed by atoms with Crippen LogP contribution in [0.4, 0.5) is 5.69 Å². The molecular weight excluding hydrogens is 370 g/mol. The number of hydrogen-bond donors (Lipinski definition) is 2. The second-order valence-electron chi connectivity index (χ2n) is 7.17. The molecule has 0 aromatic heterocycles. The second-order valence-corrected chi connectivity index (χ2v) is 7.17. The predicted octanol–water partition coefficient (Wildman–Crippen LogP) is 1.18. The van der Waals surface area contributed by atoms with Crippen LogP contribution in [0.3, 0.4) is 0 Å². The first-order chi connectivity index (χ1) is 14.0. The quantitative estimate of drug-likeness (QED) is 0.735. The van der Waals surface area contributed by atoms with Crippen LogP contribution in [0.15, 0.2) is 54.6 Å². The van der Waals surface area contributed by atoms with Crippen molar-refractivity contribution in [3.8, 4) is 11.5 Å². The Hall–Kier alpha value is -2.90. The molecule has 1 saturated heterocycles. The van der Waals surface area contributed by atoms with E-state index in [0.29, 0.717) is 37.7 Å². The van der Waals surface area contributed by atoms with Gasteiger partial charge in [0.2, 0.25) is 0 Å². The number of carbonyl (C=O) groups is 2. The third-order valence-electron chi connectivity index (χ3n) is 5.03. The Kier molecular flexibility index (Phi) is 7.21. The largest absolute Gasteiger partial charge is 0.457 e. The number of rotatable bonds is 7. The summed E-state index contributed by atoms with van der Waals surface area (Å²) in [5, 5.41) is 2.91. The van der Waals surface area contributed by atoms with E-state index in [0.717, 1.165) is 10.6 Å². The average Bonchev–Trinajstić information content (AvgIpc) is 2.75. The van der Waals surface area contributed by atoms with Crippen molar-refractivity contribution in [3.05, 3.63) is 54.6 Å². The molecule has 1 unspecified atom stereocenters. The molecule has 2 atom stereocenters. The van der Waals surface area contributed by atoms with E-state index in [9.17, 15) is 9.59 Å². The Morgan fingerprint density at radius 1 is 1.07 bits per heavy atom. The summed E-state index contributed by atoms with van der Waals surface area (Å²) in [6, 6.07) is 16.4. The van der Waals surface area contributed by atoms with Crippen LogP contribution in [0.5, 0.6) is 11.5 Å². The van der Waals surface area contributed by atoms with Crippen LogP contribution in [0.1, 0.15) is 6.92 Å². The first-order valence-corrected chi connectivity index (χ1v) is 9.84. The Bertz CT molecular complexity index is 805. The van der Waals surface area contributed by atoms with Gasteiger partial charge in [0.05, 0.1) is 20.3 Å². The number of likely N-dealkylation sites (N-methyl/N-ethyl adjacent to an activating group) is 1. The van der Waals surface area contributed by atoms with Crippen LogP contribution in [0.2, 0.25) is 0 Å². The lowest BCUT2D eigenvalue weighted by Crippen LogP contribution is -3.15. The van der Waals surface area contributed by atoms with Crippen molar-refractivity contribution in [2.45, 2.75) is 13.0 Å². The molecule has 7 nitrogen and oxygen atoms in total. The van der Waals surface area contributed by atoms with Crippen molar-refractivity contribution >= 4 is 17.5 Å². The number of nitrogens with one attached hydrogen (secondary N) is 2. The van der Waals surface area contributed by atoms with E-state index in [1.807, 2.05) is 56.4 Å². The van der Waals surface area contributed by atoms with Crippen LogP contribution in [0, 0.1) is 0 Å². The predicted molar refractivity (Wildman–Crippen MR) is 110 cm³/mol. The van der Waals surface area contributed by atoms with Gasteiger partial charge in [0.1, 0.15) is 11.5 Å². The fraction of sp³-hybridized carbons (Fsp3) is 0.364. The van der Waals surface area contributed by atoms with Gasteiger partial charge in [0, 0.05) is 18.8 Å². The third-order valence-corrected chi connectivity index (χ3v) is 5.03. The summed E-state index contributed by atoms with van der Waals surface area (Å²) >= 11 is 0. The molecule has 3 rings (SSSR count). The molecule has 1 aliphatic rings. The molecule has 0 aliphatic carbocycles. The topological polar surface area (TPSA) is 72.3 Å². The zero-order valence-electron chi connectivity index (χ0n) is 16.9. The number of nitrogens with zero attached hydrogens (tertiary/aromatic N) is 1. The van der Waals surface area contributed by atoms with E-state index >= 15 is 0 Å². The number of quaternary nitrogens is 1. The molecule has 29 heavy (non-hydrogen) atoms. The smallest absolute Gasteiger partial charge is 0.282 e. The van der Waals surface area contributed by atoms with Crippen molar-refractivity contribution in [1.82, 2.24) is 4.90 Å². The Balaban J connectivity index is 1.50. The van der Waals surface area contributed by atoms with E-state index in [1.54, 1.807) is 17.0 Å². The molecule has 2 aromatic rings. The molecule has 2 amide bonds. The normalized spacial score (nSPS) is 16.0. The van der Waals surface area contributed by atoms with E-state index < -0.39 is 0 Å². The van der Waals surface area contributed by atoms with Gasteiger partial charge in [-0.05, 0) is 43.3 Å². The first kappa shape index (κ1) is 20.8. The Morgan fingerprint density at radius 2 is 1.69 bits per heavy atom. The maximum atomic E-state index is 12.6. The van der Waals surface area contributed by atoms with Gasteiger partial charge in [-0.1, -0.05) is 18.2 Å². The second kappa shape index (κ2) is 10.0. The summed E-state index contributed by atoms with van der Waals surface area (Å²) in [6.07, 6.45) is 0. The summed E-state index contributed by atoms with van der Waals surface area (Å²) in [5.41, 5.74) is 0.689. The molecule has 0 saturated carbocycles. The fourth-order valence-electron chi connectivity index (χ4n) is 3.02. The van der Waals surface area contributed by atoms with Gasteiger partial charge in [0.15, 0.2) is 12.6 Å². The zero-order valence-corrected chi connectivity index (χ0v) is 16.9. The molecule has 1 fully saturated rings. The van der Waals surface area contributed by atoms with Crippen LogP contribution in [-0.2, 0) is 14.3 Å². The number of amides is 2. The summed E-state index contributed by atoms with van der Waals surface area (Å²) in [4.78, 5) is 27.6. The number of benzene rings is 2. The van der Waals surface area contributed by atoms with E-state index in [4.69, 9.17) is 9.47 Å². The van der Waals surface area contributed by atoms with E-state index in [2.05, 4.69) is 5.32 Å². The van der Waals surface area contributed by atoms with Crippen molar-refractivity contribution < 1.29 is 24.0 Å². The van der Waals surface area contributed by atoms with Gasteiger partial charge in [-0.2, -0.15) is 0 Å². The van der Waals surface area contributed by atoms with E-state index in [-0.39, 0.29) is 24.4 Å². The molecule has 2 aromatic carbocycles. The van der Waals surface area contributed by atoms with Gasteiger partial charge >= 0.3 is 0 Å². The molecule has 154 valence electrons. The van der Waals surface area contributed by atoms with Gasteiger partial charge in [-0.25, -0.2) is 0 Å². The van der Waals surface area contributed by atoms with Crippen LogP contribution >= 0.6 is 0 Å². The van der Waals surface area contributed by atoms with Gasteiger partial charge in [0.25, 0.3) is 11.8 Å². The van der Waals surface area contributed by atoms with Crippen LogP contribution in [0.25, 0.3) is 0 Å². The molecular formula is C22H28N3O4+. The maximum absolute atomic E-state index is 12.6. The number of anilines is 1. The number of hydrogen-bond acceptors (Lipinski definition) is 4. The number of morpholine rings is 1. The van der Waals surface area contributed by atoms with Crippen LogP contribution in [-0.4, -0.2) is 62.7 Å². The minimum Gasteiger partial charge on any atom is -0.457 e. The third kappa shape index (κ3) is 6.04. The van der Waals surface area contributed by atoms with Crippen molar-refractivity contribution in [2.24, 2.45) is 0 Å². The summed E-state index contributed by atoms with van der Waals surface area (Å²) in [6.45, 7) is 4.48. The molecule has 7 heteroatoms. The Morgan fingerprint density at radius 3 is 2.34 bits per heavy atom. The highest BCUT2D eigenvalue weighted by atomic mass is 16.5. The first-order valence-electron chi connectivity index (χ1n) is 9.84. The standard InChI is InChI=1S/C22H27N3O4/c1-17(24(2)16-21(26)25-12-14-28-15-13-25)22(27)23-18-8-10-20(11-9-18)29-19-6-4-3-5-7-19/h3-11,17H,12-16H2,1-2H3,(H,23,27)/p+1/t17-/m1/s1. The van der Waals surface area contributed by atoms with Crippen molar-refractivity contribution in [2.75, 3.05) is 45.2 Å². The lowest BCUT2D eigenvalue weighted by Gasteiger charge is -2.28. The monoisotopic (exact) mass is 398 g/mol. The maximum Gasteiger partial charge on any atom is 0.282 e. The van der Waals surface area contributed by atoms with Crippen molar-refractivity contribution in [1.29, 1.82) is 0 Å². The highest BCUT2D eigenvalue weighted by Gasteiger charge is 2.27. The minimum atomic E-state index is -0.361. The molecule has 0 bridgehead atoms. The van der Waals surface area contributed by atoms with Crippen LogP contribution < -0.4 is 15.0 Å². The zero-order chi connectivity index (χ0) is 20.6. The number of ether oxygens (including phenoxy) is 2. The highest BCUT2D eigenvalue weighted by Crippen LogP contribution is 2.22. The van der Waals surface area contributed by atoms with Gasteiger partial charge < -0.3 is 24.6 Å². The minimum absolute atomic E-state index is 0.0489.